The molecule has 0 heterocycles. The number of para-hydroxylation sites is 1. The summed E-state index contributed by atoms with van der Waals surface area (Å²) in [4.78, 5) is 13.2. The summed E-state index contributed by atoms with van der Waals surface area (Å²) in [5.41, 5.74) is 1.02. The third-order valence-corrected chi connectivity index (χ3v) is 4.78. The molecule has 23 heavy (non-hydrogen) atoms. The number of hydrogen-bond acceptors (Lipinski definition) is 3. The van der Waals surface area contributed by atoms with Gasteiger partial charge in [0.05, 0.1) is 15.8 Å². The molecule has 2 aromatic rings. The van der Waals surface area contributed by atoms with Gasteiger partial charge in [0.1, 0.15) is 11.5 Å². The summed E-state index contributed by atoms with van der Waals surface area (Å²) in [6.07, 6.45) is 0. The smallest absolute Gasteiger partial charge is 0.232 e. The second kappa shape index (κ2) is 8.48. The first-order valence-corrected chi connectivity index (χ1v) is 8.87. The van der Waals surface area contributed by atoms with E-state index in [0.717, 1.165) is 11.3 Å². The minimum Gasteiger partial charge on any atom is -0.457 e. The van der Waals surface area contributed by atoms with E-state index in [2.05, 4.69) is 0 Å². The molecule has 0 atom stereocenters. The van der Waals surface area contributed by atoms with Crippen molar-refractivity contribution in [3.05, 3.63) is 58.1 Å². The van der Waals surface area contributed by atoms with Gasteiger partial charge in [-0.15, -0.1) is 11.8 Å². The fraction of sp³-hybridized carbons (Fsp3) is 0.235. The average Bonchev–Trinajstić information content (AvgIpc) is 2.52. The number of nitrogens with zero attached hydrogens (tertiary/aromatic N) is 1. The normalized spacial score (nSPS) is 10.4. The molecule has 0 saturated heterocycles. The first-order valence-electron chi connectivity index (χ1n) is 6.96. The second-order valence-electron chi connectivity index (χ2n) is 5.07. The second-order valence-corrected chi connectivity index (χ2v) is 6.87. The molecule has 0 radical (unpaired) electrons. The molecule has 0 unspecified atom stereocenters. The standard InChI is InChI=1S/C17H17Cl2NO2S/c1-20(2)17(21)11-23-10-12-5-3-4-6-16(12)22-13-7-8-14(18)15(19)9-13/h3-9H,10-11H2,1-2H3. The molecule has 0 aromatic heterocycles. The zero-order chi connectivity index (χ0) is 16.8. The maximum absolute atomic E-state index is 11.6. The van der Waals surface area contributed by atoms with Crippen molar-refractivity contribution in [3.8, 4) is 11.5 Å². The highest BCUT2D eigenvalue weighted by Gasteiger charge is 2.09. The van der Waals surface area contributed by atoms with Crippen molar-refractivity contribution in [3.63, 3.8) is 0 Å². The molecule has 122 valence electrons. The Labute approximate surface area is 150 Å². The van der Waals surface area contributed by atoms with Crippen LogP contribution in [-0.2, 0) is 10.5 Å². The van der Waals surface area contributed by atoms with E-state index in [-0.39, 0.29) is 5.91 Å². The third-order valence-electron chi connectivity index (χ3n) is 3.07. The molecule has 0 aliphatic carbocycles. The van der Waals surface area contributed by atoms with Crippen molar-refractivity contribution < 1.29 is 9.53 Å². The van der Waals surface area contributed by atoms with Gasteiger partial charge in [-0.3, -0.25) is 4.79 Å². The van der Waals surface area contributed by atoms with Crippen LogP contribution in [0.1, 0.15) is 5.56 Å². The number of thioether (sulfide) groups is 1. The van der Waals surface area contributed by atoms with Crippen LogP contribution < -0.4 is 4.74 Å². The number of ether oxygens (including phenoxy) is 1. The van der Waals surface area contributed by atoms with E-state index in [1.165, 1.54) is 0 Å². The molecule has 2 rings (SSSR count). The molecular formula is C17H17Cl2NO2S. The quantitative estimate of drug-likeness (QED) is 0.708. The predicted molar refractivity (Wildman–Crippen MR) is 97.8 cm³/mol. The van der Waals surface area contributed by atoms with E-state index in [0.29, 0.717) is 27.3 Å². The molecule has 0 N–H and O–H groups in total. The van der Waals surface area contributed by atoms with Gasteiger partial charge < -0.3 is 9.64 Å². The molecule has 0 bridgehead atoms. The van der Waals surface area contributed by atoms with Crippen molar-refractivity contribution in [1.82, 2.24) is 4.90 Å². The van der Waals surface area contributed by atoms with Crippen LogP contribution in [0.3, 0.4) is 0 Å². The van der Waals surface area contributed by atoms with E-state index >= 15 is 0 Å². The van der Waals surface area contributed by atoms with Crippen molar-refractivity contribution in [2.24, 2.45) is 0 Å². The summed E-state index contributed by atoms with van der Waals surface area (Å²) in [6, 6.07) is 12.9. The fourth-order valence-electron chi connectivity index (χ4n) is 1.77. The Balaban J connectivity index is 2.05. The number of benzene rings is 2. The van der Waals surface area contributed by atoms with Gasteiger partial charge in [0.15, 0.2) is 0 Å². The molecule has 0 aliphatic heterocycles. The number of rotatable bonds is 6. The largest absolute Gasteiger partial charge is 0.457 e. The summed E-state index contributed by atoms with van der Waals surface area (Å²) < 4.78 is 5.90. The van der Waals surface area contributed by atoms with Crippen molar-refractivity contribution in [2.45, 2.75) is 5.75 Å². The predicted octanol–water partition coefficient (Wildman–Crippen LogP) is 5.11. The molecule has 0 fully saturated rings. The van der Waals surface area contributed by atoms with Crippen LogP contribution in [0, 0.1) is 0 Å². The zero-order valence-corrected chi connectivity index (χ0v) is 15.2. The highest BCUT2D eigenvalue weighted by Crippen LogP contribution is 2.32. The van der Waals surface area contributed by atoms with Crippen LogP contribution >= 0.6 is 35.0 Å². The lowest BCUT2D eigenvalue weighted by Crippen LogP contribution is -2.23. The Morgan fingerprint density at radius 2 is 1.87 bits per heavy atom. The summed E-state index contributed by atoms with van der Waals surface area (Å²) >= 11 is 13.5. The van der Waals surface area contributed by atoms with Crippen LogP contribution in [0.2, 0.25) is 10.0 Å². The van der Waals surface area contributed by atoms with E-state index in [9.17, 15) is 4.79 Å². The lowest BCUT2D eigenvalue weighted by atomic mass is 10.2. The minimum absolute atomic E-state index is 0.0953. The Hall–Kier alpha value is -1.36. The Morgan fingerprint density at radius 1 is 1.13 bits per heavy atom. The van der Waals surface area contributed by atoms with Gasteiger partial charge in [-0.25, -0.2) is 0 Å². The number of carbonyl (C=O) groups is 1. The summed E-state index contributed by atoms with van der Waals surface area (Å²) in [7, 11) is 3.51. The molecular weight excluding hydrogens is 353 g/mol. The van der Waals surface area contributed by atoms with E-state index < -0.39 is 0 Å². The molecule has 1 amide bonds. The zero-order valence-electron chi connectivity index (χ0n) is 12.9. The van der Waals surface area contributed by atoms with Crippen LogP contribution in [0.4, 0.5) is 0 Å². The van der Waals surface area contributed by atoms with E-state index in [1.54, 1.807) is 49.0 Å². The van der Waals surface area contributed by atoms with Gasteiger partial charge in [0.25, 0.3) is 0 Å². The maximum Gasteiger partial charge on any atom is 0.232 e. The minimum atomic E-state index is 0.0953. The van der Waals surface area contributed by atoms with Crippen LogP contribution in [0.25, 0.3) is 0 Å². The Bertz CT molecular complexity index is 692. The lowest BCUT2D eigenvalue weighted by molar-refractivity contribution is -0.125. The van der Waals surface area contributed by atoms with Crippen LogP contribution in [-0.4, -0.2) is 30.7 Å². The summed E-state index contributed by atoms with van der Waals surface area (Å²) in [5, 5.41) is 0.942. The molecule has 6 heteroatoms. The van der Waals surface area contributed by atoms with Crippen LogP contribution in [0.5, 0.6) is 11.5 Å². The molecule has 0 spiro atoms. The van der Waals surface area contributed by atoms with Crippen molar-refractivity contribution in [1.29, 1.82) is 0 Å². The SMILES string of the molecule is CN(C)C(=O)CSCc1ccccc1Oc1ccc(Cl)c(Cl)c1. The van der Waals surface area contributed by atoms with E-state index in [4.69, 9.17) is 27.9 Å². The monoisotopic (exact) mass is 369 g/mol. The molecule has 3 nitrogen and oxygen atoms in total. The summed E-state index contributed by atoms with van der Waals surface area (Å²) in [6.45, 7) is 0. The Kier molecular flexibility index (Phi) is 6.63. The number of hydrogen-bond donors (Lipinski definition) is 0. The maximum atomic E-state index is 11.6. The van der Waals surface area contributed by atoms with Gasteiger partial charge in [0.2, 0.25) is 5.91 Å². The summed E-state index contributed by atoms with van der Waals surface area (Å²) in [5.74, 6) is 2.60. The third kappa shape index (κ3) is 5.34. The topological polar surface area (TPSA) is 29.5 Å². The fourth-order valence-corrected chi connectivity index (χ4v) is 3.05. The van der Waals surface area contributed by atoms with Gasteiger partial charge in [-0.05, 0) is 18.2 Å². The van der Waals surface area contributed by atoms with Gasteiger partial charge in [-0.1, -0.05) is 41.4 Å². The highest BCUT2D eigenvalue weighted by atomic mass is 35.5. The van der Waals surface area contributed by atoms with Gasteiger partial charge in [0, 0.05) is 31.5 Å². The van der Waals surface area contributed by atoms with Crippen LogP contribution in [0.15, 0.2) is 42.5 Å². The van der Waals surface area contributed by atoms with Gasteiger partial charge in [-0.2, -0.15) is 0 Å². The Morgan fingerprint density at radius 3 is 2.57 bits per heavy atom. The van der Waals surface area contributed by atoms with Crippen molar-refractivity contribution >= 4 is 40.9 Å². The highest BCUT2D eigenvalue weighted by molar-refractivity contribution is 7.99. The van der Waals surface area contributed by atoms with E-state index in [1.807, 2.05) is 24.3 Å². The first kappa shape index (κ1) is 18.0. The molecule has 0 saturated carbocycles. The van der Waals surface area contributed by atoms with Gasteiger partial charge >= 0.3 is 0 Å². The first-order chi connectivity index (χ1) is 11.0. The molecule has 2 aromatic carbocycles. The number of amides is 1. The molecule has 0 aliphatic rings. The lowest BCUT2D eigenvalue weighted by Gasteiger charge is -2.13. The number of halogens is 2. The van der Waals surface area contributed by atoms with Crippen molar-refractivity contribution in [2.75, 3.05) is 19.8 Å². The average molecular weight is 370 g/mol. The number of carbonyl (C=O) groups excluding carboxylic acids is 1.